The molecule has 0 saturated carbocycles. The summed E-state index contributed by atoms with van der Waals surface area (Å²) >= 11 is 0. The van der Waals surface area contributed by atoms with E-state index >= 15 is 0 Å². The zero-order chi connectivity index (χ0) is 15.2. The number of hydrogen-bond donors (Lipinski definition) is 1. The Morgan fingerprint density at radius 2 is 2.00 bits per heavy atom. The molecule has 1 unspecified atom stereocenters. The minimum atomic E-state index is -0.885. The number of carbonyl (C=O) groups is 2. The van der Waals surface area contributed by atoms with Gasteiger partial charge in [-0.2, -0.15) is 0 Å². The minimum absolute atomic E-state index is 0.00154. The van der Waals surface area contributed by atoms with Crippen LogP contribution < -0.4 is 4.74 Å². The molecule has 21 heavy (non-hydrogen) atoms. The maximum Gasteiger partial charge on any atom is 0.307 e. The zero-order valence-corrected chi connectivity index (χ0v) is 12.2. The highest BCUT2D eigenvalue weighted by atomic mass is 16.5. The molecule has 1 atom stereocenters. The first-order valence-corrected chi connectivity index (χ1v) is 7.32. The number of piperidine rings is 1. The normalized spacial score (nSPS) is 16.3. The highest BCUT2D eigenvalue weighted by Gasteiger charge is 2.23. The fraction of sp³-hybridized carbons (Fsp3) is 0.500. The van der Waals surface area contributed by atoms with Crippen LogP contribution >= 0.6 is 0 Å². The maximum absolute atomic E-state index is 12.3. The van der Waals surface area contributed by atoms with E-state index < -0.39 is 12.1 Å². The highest BCUT2D eigenvalue weighted by molar-refractivity contribution is 5.81. The first-order chi connectivity index (χ1) is 10.1. The first kappa shape index (κ1) is 15.4. The summed E-state index contributed by atoms with van der Waals surface area (Å²) in [7, 11) is 0. The molecule has 5 nitrogen and oxygen atoms in total. The van der Waals surface area contributed by atoms with Gasteiger partial charge in [0.05, 0.1) is 6.42 Å². The average molecular weight is 291 g/mol. The number of ether oxygens (including phenoxy) is 1. The summed E-state index contributed by atoms with van der Waals surface area (Å²) in [6.07, 6.45) is 2.67. The Hall–Kier alpha value is -2.04. The SMILES string of the molecule is CC(Oc1cccc(CC(=O)O)c1)C(=O)N1CCCCC1. The fourth-order valence-electron chi connectivity index (χ4n) is 2.53. The molecule has 1 aromatic carbocycles. The van der Waals surface area contributed by atoms with Crippen LogP contribution in [-0.4, -0.2) is 41.1 Å². The second-order valence-corrected chi connectivity index (χ2v) is 5.36. The van der Waals surface area contributed by atoms with E-state index in [1.165, 1.54) is 6.42 Å². The molecular weight excluding hydrogens is 270 g/mol. The minimum Gasteiger partial charge on any atom is -0.481 e. The first-order valence-electron chi connectivity index (χ1n) is 7.32. The highest BCUT2D eigenvalue weighted by Crippen LogP contribution is 2.17. The van der Waals surface area contributed by atoms with Crippen molar-refractivity contribution >= 4 is 11.9 Å². The van der Waals surface area contributed by atoms with Gasteiger partial charge in [0, 0.05) is 13.1 Å². The topological polar surface area (TPSA) is 66.8 Å². The number of hydrogen-bond acceptors (Lipinski definition) is 3. The second-order valence-electron chi connectivity index (χ2n) is 5.36. The molecule has 1 aliphatic heterocycles. The third kappa shape index (κ3) is 4.48. The van der Waals surface area contributed by atoms with Crippen molar-refractivity contribution in [1.29, 1.82) is 0 Å². The summed E-state index contributed by atoms with van der Waals surface area (Å²) in [6, 6.07) is 6.89. The Labute approximate surface area is 124 Å². The van der Waals surface area contributed by atoms with Gasteiger partial charge >= 0.3 is 5.97 Å². The Morgan fingerprint density at radius 1 is 1.29 bits per heavy atom. The van der Waals surface area contributed by atoms with Gasteiger partial charge in [0.2, 0.25) is 0 Å². The van der Waals surface area contributed by atoms with Crippen LogP contribution in [0.5, 0.6) is 5.75 Å². The predicted molar refractivity (Wildman–Crippen MR) is 78.3 cm³/mol. The molecule has 0 bridgehead atoms. The van der Waals surface area contributed by atoms with Crippen LogP contribution in [0.3, 0.4) is 0 Å². The largest absolute Gasteiger partial charge is 0.481 e. The molecule has 0 aliphatic carbocycles. The lowest BCUT2D eigenvalue weighted by Gasteiger charge is -2.29. The molecule has 1 fully saturated rings. The lowest BCUT2D eigenvalue weighted by atomic mass is 10.1. The van der Waals surface area contributed by atoms with Gasteiger partial charge in [-0.05, 0) is 43.9 Å². The van der Waals surface area contributed by atoms with Gasteiger partial charge in [0.15, 0.2) is 6.10 Å². The van der Waals surface area contributed by atoms with Crippen molar-refractivity contribution in [2.24, 2.45) is 0 Å². The number of amides is 1. The Morgan fingerprint density at radius 3 is 2.67 bits per heavy atom. The van der Waals surface area contributed by atoms with Gasteiger partial charge in [-0.25, -0.2) is 0 Å². The number of rotatable bonds is 5. The molecule has 0 aromatic heterocycles. The molecular formula is C16H21NO4. The molecule has 2 rings (SSSR count). The smallest absolute Gasteiger partial charge is 0.307 e. The van der Waals surface area contributed by atoms with E-state index in [9.17, 15) is 9.59 Å². The van der Waals surface area contributed by atoms with Crippen LogP contribution in [0.25, 0.3) is 0 Å². The van der Waals surface area contributed by atoms with Gasteiger partial charge in [-0.3, -0.25) is 9.59 Å². The summed E-state index contributed by atoms with van der Waals surface area (Å²) in [4.78, 5) is 24.8. The molecule has 114 valence electrons. The Balaban J connectivity index is 1.96. The standard InChI is InChI=1S/C16H21NO4/c1-12(16(20)17-8-3-2-4-9-17)21-14-7-5-6-13(10-14)11-15(18)19/h5-7,10,12H,2-4,8-9,11H2,1H3,(H,18,19). The van der Waals surface area contributed by atoms with Crippen molar-refractivity contribution in [3.8, 4) is 5.75 Å². The van der Waals surface area contributed by atoms with Gasteiger partial charge in [-0.15, -0.1) is 0 Å². The van der Waals surface area contributed by atoms with E-state index in [4.69, 9.17) is 9.84 Å². The Kier molecular flexibility index (Phi) is 5.20. The molecule has 1 aromatic rings. The van der Waals surface area contributed by atoms with Gasteiger partial charge in [0.1, 0.15) is 5.75 Å². The third-order valence-corrected chi connectivity index (χ3v) is 3.58. The number of carbonyl (C=O) groups excluding carboxylic acids is 1. The monoisotopic (exact) mass is 291 g/mol. The van der Waals surface area contributed by atoms with Gasteiger partial charge in [-0.1, -0.05) is 12.1 Å². The van der Waals surface area contributed by atoms with E-state index in [0.29, 0.717) is 11.3 Å². The Bertz CT molecular complexity index is 509. The summed E-state index contributed by atoms with van der Waals surface area (Å²) < 4.78 is 5.67. The molecule has 1 heterocycles. The maximum atomic E-state index is 12.3. The molecule has 5 heteroatoms. The molecule has 1 saturated heterocycles. The molecule has 0 spiro atoms. The summed E-state index contributed by atoms with van der Waals surface area (Å²) in [5.41, 5.74) is 0.664. The van der Waals surface area contributed by atoms with Crippen LogP contribution in [0.15, 0.2) is 24.3 Å². The molecule has 1 N–H and O–H groups in total. The number of likely N-dealkylation sites (tertiary alicyclic amines) is 1. The van der Waals surface area contributed by atoms with E-state index in [2.05, 4.69) is 0 Å². The number of benzene rings is 1. The number of aliphatic carboxylic acids is 1. The summed E-state index contributed by atoms with van der Waals surface area (Å²) in [5.74, 6) is -0.352. The van der Waals surface area contributed by atoms with E-state index in [-0.39, 0.29) is 12.3 Å². The van der Waals surface area contributed by atoms with Crippen LogP contribution in [0.2, 0.25) is 0 Å². The number of carboxylic acids is 1. The lowest BCUT2D eigenvalue weighted by molar-refractivity contribution is -0.139. The quantitative estimate of drug-likeness (QED) is 0.902. The van der Waals surface area contributed by atoms with Crippen LogP contribution in [-0.2, 0) is 16.0 Å². The van der Waals surface area contributed by atoms with E-state index in [0.717, 1.165) is 25.9 Å². The number of carboxylic acid groups (broad SMARTS) is 1. The van der Waals surface area contributed by atoms with Crippen molar-refractivity contribution in [2.45, 2.75) is 38.7 Å². The van der Waals surface area contributed by atoms with Gasteiger partial charge in [0.25, 0.3) is 5.91 Å². The van der Waals surface area contributed by atoms with E-state index in [1.54, 1.807) is 31.2 Å². The van der Waals surface area contributed by atoms with Crippen molar-refractivity contribution in [3.05, 3.63) is 29.8 Å². The van der Waals surface area contributed by atoms with Crippen molar-refractivity contribution in [2.75, 3.05) is 13.1 Å². The van der Waals surface area contributed by atoms with Crippen molar-refractivity contribution < 1.29 is 19.4 Å². The zero-order valence-electron chi connectivity index (χ0n) is 12.2. The van der Waals surface area contributed by atoms with E-state index in [1.807, 2.05) is 4.90 Å². The van der Waals surface area contributed by atoms with Crippen LogP contribution in [0, 0.1) is 0 Å². The second kappa shape index (κ2) is 7.11. The molecule has 1 amide bonds. The van der Waals surface area contributed by atoms with Crippen molar-refractivity contribution in [3.63, 3.8) is 0 Å². The van der Waals surface area contributed by atoms with Crippen molar-refractivity contribution in [1.82, 2.24) is 4.90 Å². The fourth-order valence-corrected chi connectivity index (χ4v) is 2.53. The van der Waals surface area contributed by atoms with Crippen LogP contribution in [0.4, 0.5) is 0 Å². The lowest BCUT2D eigenvalue weighted by Crippen LogP contribution is -2.43. The molecule has 1 aliphatic rings. The summed E-state index contributed by atoms with van der Waals surface area (Å²) in [5, 5.41) is 8.80. The third-order valence-electron chi connectivity index (χ3n) is 3.58. The van der Waals surface area contributed by atoms with Crippen LogP contribution in [0.1, 0.15) is 31.7 Å². The molecule has 0 radical (unpaired) electrons. The van der Waals surface area contributed by atoms with Gasteiger partial charge < -0.3 is 14.7 Å². The average Bonchev–Trinajstić information content (AvgIpc) is 2.47. The summed E-state index contributed by atoms with van der Waals surface area (Å²) in [6.45, 7) is 3.33. The predicted octanol–water partition coefficient (Wildman–Crippen LogP) is 2.09. The number of nitrogens with zero attached hydrogens (tertiary/aromatic N) is 1.